The van der Waals surface area contributed by atoms with Crippen LogP contribution in [0.3, 0.4) is 0 Å². The second-order valence-electron chi connectivity index (χ2n) is 3.89. The molecule has 0 aromatic heterocycles. The topological polar surface area (TPSA) is 54.0 Å². The van der Waals surface area contributed by atoms with Gasteiger partial charge in [-0.15, -0.1) is 0 Å². The monoisotopic (exact) mass is 234 g/mol. The van der Waals surface area contributed by atoms with Crippen molar-refractivity contribution in [1.82, 2.24) is 0 Å². The molecule has 0 aliphatic heterocycles. The van der Waals surface area contributed by atoms with Crippen LogP contribution in [0, 0.1) is 0 Å². The Hall–Kier alpha value is -0.490. The van der Waals surface area contributed by atoms with Crippen molar-refractivity contribution in [2.75, 3.05) is 27.9 Å². The molecule has 0 spiro atoms. The molecule has 0 N–H and O–H groups in total. The normalized spacial score (nSPS) is 12.8. The average Bonchev–Trinajstić information content (AvgIpc) is 2.28. The molecule has 0 bridgehead atoms. The molecule has 96 valence electrons. The minimum Gasteiger partial charge on any atom is -0.354 e. The minimum absolute atomic E-state index is 0.177. The molecule has 0 atom stereocenters. The standard InChI is InChI=1S/C11H22O5/c1-10(2,13-3)16-9-7-11(14-4,15-5)6-8-12/h8H,6-7,9H2,1-5H3. The lowest BCUT2D eigenvalue weighted by Crippen LogP contribution is -2.37. The lowest BCUT2D eigenvalue weighted by Gasteiger charge is -2.31. The highest BCUT2D eigenvalue weighted by atomic mass is 16.7. The summed E-state index contributed by atoms with van der Waals surface area (Å²) in [5.41, 5.74) is 0. The number of hydrogen-bond acceptors (Lipinski definition) is 5. The van der Waals surface area contributed by atoms with E-state index < -0.39 is 11.6 Å². The molecule has 0 aliphatic rings. The summed E-state index contributed by atoms with van der Waals surface area (Å²) in [6.45, 7) is 4.01. The Labute approximate surface area is 97.0 Å². The molecular weight excluding hydrogens is 212 g/mol. The maximum atomic E-state index is 10.5. The van der Waals surface area contributed by atoms with Crippen LogP contribution in [-0.4, -0.2) is 45.8 Å². The first kappa shape index (κ1) is 15.5. The summed E-state index contributed by atoms with van der Waals surface area (Å²) in [6, 6.07) is 0. The number of hydrogen-bond donors (Lipinski definition) is 0. The Bertz CT molecular complexity index is 199. The third-order valence-electron chi connectivity index (χ3n) is 2.56. The van der Waals surface area contributed by atoms with Gasteiger partial charge in [0, 0.05) is 27.8 Å². The van der Waals surface area contributed by atoms with Gasteiger partial charge in [-0.05, 0) is 13.8 Å². The molecule has 0 heterocycles. The Morgan fingerprint density at radius 1 is 1.06 bits per heavy atom. The van der Waals surface area contributed by atoms with Crippen LogP contribution in [0.15, 0.2) is 0 Å². The summed E-state index contributed by atoms with van der Waals surface area (Å²) in [4.78, 5) is 10.5. The van der Waals surface area contributed by atoms with E-state index in [-0.39, 0.29) is 6.42 Å². The van der Waals surface area contributed by atoms with E-state index in [9.17, 15) is 4.79 Å². The van der Waals surface area contributed by atoms with Gasteiger partial charge in [-0.1, -0.05) is 0 Å². The summed E-state index contributed by atoms with van der Waals surface area (Å²) in [5, 5.41) is 0. The molecule has 0 radical (unpaired) electrons. The van der Waals surface area contributed by atoms with Crippen LogP contribution in [0.5, 0.6) is 0 Å². The maximum absolute atomic E-state index is 10.5. The lowest BCUT2D eigenvalue weighted by atomic mass is 10.1. The minimum atomic E-state index is -0.897. The highest BCUT2D eigenvalue weighted by Gasteiger charge is 2.30. The third-order valence-corrected chi connectivity index (χ3v) is 2.56. The van der Waals surface area contributed by atoms with Crippen molar-refractivity contribution in [2.24, 2.45) is 0 Å². The predicted octanol–water partition coefficient (Wildman–Crippen LogP) is 1.35. The number of rotatable bonds is 9. The fourth-order valence-electron chi connectivity index (χ4n) is 1.19. The smallest absolute Gasteiger partial charge is 0.176 e. The van der Waals surface area contributed by atoms with E-state index in [1.807, 2.05) is 13.8 Å². The third kappa shape index (κ3) is 5.03. The zero-order valence-electron chi connectivity index (χ0n) is 10.7. The number of carbonyl (C=O) groups excluding carboxylic acids is 1. The highest BCUT2D eigenvalue weighted by Crippen LogP contribution is 2.21. The van der Waals surface area contributed by atoms with Gasteiger partial charge in [0.05, 0.1) is 13.0 Å². The van der Waals surface area contributed by atoms with E-state index in [1.165, 1.54) is 14.2 Å². The molecule has 0 fully saturated rings. The summed E-state index contributed by atoms with van der Waals surface area (Å²) < 4.78 is 21.0. The molecule has 0 aliphatic carbocycles. The summed E-state index contributed by atoms with van der Waals surface area (Å²) >= 11 is 0. The molecule has 0 unspecified atom stereocenters. The van der Waals surface area contributed by atoms with Gasteiger partial charge in [-0.2, -0.15) is 0 Å². The van der Waals surface area contributed by atoms with Gasteiger partial charge in [-0.3, -0.25) is 0 Å². The van der Waals surface area contributed by atoms with Crippen LogP contribution in [0.4, 0.5) is 0 Å². The zero-order valence-corrected chi connectivity index (χ0v) is 10.7. The van der Waals surface area contributed by atoms with E-state index in [2.05, 4.69) is 0 Å². The first-order valence-corrected chi connectivity index (χ1v) is 5.18. The molecule has 5 nitrogen and oxygen atoms in total. The number of aldehydes is 1. The summed E-state index contributed by atoms with van der Waals surface area (Å²) in [6.07, 6.45) is 1.41. The first-order valence-electron chi connectivity index (χ1n) is 5.18. The van der Waals surface area contributed by atoms with E-state index in [1.54, 1.807) is 7.11 Å². The second kappa shape index (κ2) is 6.96. The van der Waals surface area contributed by atoms with Crippen molar-refractivity contribution >= 4 is 6.29 Å². The molecule has 0 aromatic rings. The number of ether oxygens (including phenoxy) is 4. The molecule has 16 heavy (non-hydrogen) atoms. The maximum Gasteiger partial charge on any atom is 0.176 e. The Kier molecular flexibility index (Phi) is 6.74. The van der Waals surface area contributed by atoms with Crippen molar-refractivity contribution in [3.63, 3.8) is 0 Å². The van der Waals surface area contributed by atoms with Crippen LogP contribution < -0.4 is 0 Å². The molecular formula is C11H22O5. The number of methoxy groups -OCH3 is 3. The van der Waals surface area contributed by atoms with Gasteiger partial charge in [0.1, 0.15) is 6.29 Å². The van der Waals surface area contributed by atoms with Crippen molar-refractivity contribution in [3.8, 4) is 0 Å². The summed E-state index contributed by atoms with van der Waals surface area (Å²) in [5.74, 6) is -1.54. The molecule has 0 aromatic carbocycles. The van der Waals surface area contributed by atoms with Gasteiger partial charge < -0.3 is 23.7 Å². The van der Waals surface area contributed by atoms with Crippen molar-refractivity contribution in [1.29, 1.82) is 0 Å². The van der Waals surface area contributed by atoms with E-state index >= 15 is 0 Å². The van der Waals surface area contributed by atoms with Gasteiger partial charge in [0.2, 0.25) is 0 Å². The highest BCUT2D eigenvalue weighted by molar-refractivity contribution is 5.50. The fourth-order valence-corrected chi connectivity index (χ4v) is 1.19. The summed E-state index contributed by atoms with van der Waals surface area (Å²) in [7, 11) is 4.59. The molecule has 0 amide bonds. The van der Waals surface area contributed by atoms with Crippen LogP contribution in [0.2, 0.25) is 0 Å². The lowest BCUT2D eigenvalue weighted by molar-refractivity contribution is -0.241. The molecule has 0 saturated heterocycles. The van der Waals surface area contributed by atoms with Crippen LogP contribution in [0.25, 0.3) is 0 Å². The second-order valence-corrected chi connectivity index (χ2v) is 3.89. The van der Waals surface area contributed by atoms with E-state index in [0.29, 0.717) is 13.0 Å². The largest absolute Gasteiger partial charge is 0.354 e. The molecule has 0 saturated carbocycles. The predicted molar refractivity (Wildman–Crippen MR) is 59.1 cm³/mol. The fraction of sp³-hybridized carbons (Fsp3) is 0.909. The Morgan fingerprint density at radius 3 is 2.00 bits per heavy atom. The van der Waals surface area contributed by atoms with E-state index in [4.69, 9.17) is 18.9 Å². The van der Waals surface area contributed by atoms with Crippen LogP contribution >= 0.6 is 0 Å². The zero-order chi connectivity index (χ0) is 12.7. The number of carbonyl (C=O) groups is 1. The SMILES string of the molecule is COC(C)(C)OCCC(CC=O)(OC)OC. The van der Waals surface area contributed by atoms with Gasteiger partial charge >= 0.3 is 0 Å². The van der Waals surface area contributed by atoms with Crippen molar-refractivity contribution in [2.45, 2.75) is 38.3 Å². The van der Waals surface area contributed by atoms with Gasteiger partial charge in [0.25, 0.3) is 0 Å². The van der Waals surface area contributed by atoms with Crippen LogP contribution in [-0.2, 0) is 23.7 Å². The van der Waals surface area contributed by atoms with E-state index in [0.717, 1.165) is 6.29 Å². The average molecular weight is 234 g/mol. The first-order chi connectivity index (χ1) is 7.45. The molecule has 0 rings (SSSR count). The van der Waals surface area contributed by atoms with Gasteiger partial charge in [0.15, 0.2) is 11.6 Å². The molecule has 5 heteroatoms. The Balaban J connectivity index is 4.17. The Morgan fingerprint density at radius 2 is 1.62 bits per heavy atom. The quantitative estimate of drug-likeness (QED) is 0.445. The van der Waals surface area contributed by atoms with Crippen molar-refractivity contribution in [3.05, 3.63) is 0 Å². The van der Waals surface area contributed by atoms with Crippen LogP contribution in [0.1, 0.15) is 26.7 Å². The van der Waals surface area contributed by atoms with Gasteiger partial charge in [-0.25, -0.2) is 0 Å². The van der Waals surface area contributed by atoms with Crippen molar-refractivity contribution < 1.29 is 23.7 Å².